The molecule has 1 unspecified atom stereocenters. The summed E-state index contributed by atoms with van der Waals surface area (Å²) in [6.45, 7) is 0.918. The Kier molecular flexibility index (Phi) is 5.40. The van der Waals surface area contributed by atoms with Crippen LogP contribution in [0.1, 0.15) is 23.8 Å². The number of nitrogens with zero attached hydrogens (tertiary/aromatic N) is 3. The van der Waals surface area contributed by atoms with E-state index < -0.39 is 0 Å². The Morgan fingerprint density at radius 3 is 2.83 bits per heavy atom. The van der Waals surface area contributed by atoms with Crippen molar-refractivity contribution in [3.63, 3.8) is 0 Å². The summed E-state index contributed by atoms with van der Waals surface area (Å²) in [5, 5.41) is 4.65. The van der Waals surface area contributed by atoms with Gasteiger partial charge in [-0.15, -0.1) is 0 Å². The smallest absolute Gasteiger partial charge is 0.232 e. The van der Waals surface area contributed by atoms with E-state index in [1.165, 1.54) is 0 Å². The van der Waals surface area contributed by atoms with Crippen molar-refractivity contribution in [2.45, 2.75) is 18.9 Å². The van der Waals surface area contributed by atoms with Gasteiger partial charge in [-0.3, -0.25) is 4.79 Å². The topological polar surface area (TPSA) is 77.7 Å². The van der Waals surface area contributed by atoms with E-state index in [4.69, 9.17) is 25.6 Å². The van der Waals surface area contributed by atoms with E-state index >= 15 is 0 Å². The molecule has 1 atom stereocenters. The maximum atomic E-state index is 12.6. The molecular weight excluding hydrogens is 394 g/mol. The van der Waals surface area contributed by atoms with E-state index in [-0.39, 0.29) is 11.8 Å². The molecule has 0 aliphatic carbocycles. The third kappa shape index (κ3) is 4.05. The number of ether oxygens (including phenoxy) is 2. The lowest BCUT2D eigenvalue weighted by molar-refractivity contribution is -0.128. The number of rotatable bonds is 6. The van der Waals surface area contributed by atoms with Crippen LogP contribution < -0.4 is 9.47 Å². The Labute approximate surface area is 173 Å². The maximum Gasteiger partial charge on any atom is 0.232 e. The normalized spacial score (nSPS) is 16.3. The van der Waals surface area contributed by atoms with Gasteiger partial charge in [-0.25, -0.2) is 0 Å². The van der Waals surface area contributed by atoms with Crippen LogP contribution in [0.3, 0.4) is 0 Å². The molecule has 3 aromatic rings. The van der Waals surface area contributed by atoms with Crippen LogP contribution in [0.25, 0.3) is 11.4 Å². The first-order chi connectivity index (χ1) is 14.1. The zero-order valence-electron chi connectivity index (χ0n) is 16.1. The number of carbonyl (C=O) groups is 1. The second-order valence-corrected chi connectivity index (χ2v) is 7.26. The third-order valence-corrected chi connectivity index (χ3v) is 5.17. The van der Waals surface area contributed by atoms with Gasteiger partial charge in [0.1, 0.15) is 11.5 Å². The van der Waals surface area contributed by atoms with E-state index in [0.29, 0.717) is 47.7 Å². The second-order valence-electron chi connectivity index (χ2n) is 6.82. The molecule has 0 radical (unpaired) electrons. The van der Waals surface area contributed by atoms with Crippen molar-refractivity contribution >= 4 is 17.5 Å². The highest BCUT2D eigenvalue weighted by atomic mass is 35.5. The van der Waals surface area contributed by atoms with Gasteiger partial charge in [-0.2, -0.15) is 4.98 Å². The van der Waals surface area contributed by atoms with Crippen molar-refractivity contribution in [3.8, 4) is 22.9 Å². The fraction of sp³-hybridized carbons (Fsp3) is 0.286. The van der Waals surface area contributed by atoms with Crippen LogP contribution in [0.5, 0.6) is 11.5 Å². The minimum absolute atomic E-state index is 0.0300. The molecule has 8 heteroatoms. The Bertz CT molecular complexity index is 1040. The standard InChI is InChI=1S/C21H20ClN3O4/c1-27-17-6-7-18(28-2)14(9-17)11-25-12-15(10-19(25)26)21-23-20(24-29-21)13-4-3-5-16(22)8-13/h3-9,15H,10-12H2,1-2H3. The average molecular weight is 414 g/mol. The van der Waals surface area contributed by atoms with Crippen molar-refractivity contribution in [1.82, 2.24) is 15.0 Å². The van der Waals surface area contributed by atoms with Gasteiger partial charge >= 0.3 is 0 Å². The molecule has 7 nitrogen and oxygen atoms in total. The van der Waals surface area contributed by atoms with Crippen LogP contribution in [0.4, 0.5) is 0 Å². The molecule has 1 aromatic heterocycles. The number of benzene rings is 2. The van der Waals surface area contributed by atoms with Crippen LogP contribution >= 0.6 is 11.6 Å². The lowest BCUT2D eigenvalue weighted by Gasteiger charge is -2.18. The minimum atomic E-state index is -0.153. The summed E-state index contributed by atoms with van der Waals surface area (Å²) in [7, 11) is 3.21. The molecule has 1 aliphatic heterocycles. The molecule has 1 amide bonds. The van der Waals surface area contributed by atoms with Crippen molar-refractivity contribution in [2.24, 2.45) is 0 Å². The number of methoxy groups -OCH3 is 2. The quantitative estimate of drug-likeness (QED) is 0.609. The average Bonchev–Trinajstić information content (AvgIpc) is 3.35. The first-order valence-electron chi connectivity index (χ1n) is 9.15. The number of likely N-dealkylation sites (tertiary alicyclic amines) is 1. The summed E-state index contributed by atoms with van der Waals surface area (Å²) in [5.41, 5.74) is 1.65. The molecule has 2 heterocycles. The summed E-state index contributed by atoms with van der Waals surface area (Å²) in [5.74, 6) is 2.22. The first-order valence-corrected chi connectivity index (χ1v) is 9.53. The summed E-state index contributed by atoms with van der Waals surface area (Å²) in [6, 6.07) is 12.8. The number of hydrogen-bond acceptors (Lipinski definition) is 6. The zero-order valence-corrected chi connectivity index (χ0v) is 16.8. The van der Waals surface area contributed by atoms with Gasteiger partial charge in [-0.05, 0) is 30.3 Å². The van der Waals surface area contributed by atoms with Crippen LogP contribution in [0, 0.1) is 0 Å². The zero-order chi connectivity index (χ0) is 20.4. The largest absolute Gasteiger partial charge is 0.497 e. The van der Waals surface area contributed by atoms with Crippen LogP contribution in [0.2, 0.25) is 5.02 Å². The highest BCUT2D eigenvalue weighted by Gasteiger charge is 2.34. The SMILES string of the molecule is COc1ccc(OC)c(CN2CC(c3nc(-c4cccc(Cl)c4)no3)CC2=O)c1. The molecule has 4 rings (SSSR count). The van der Waals surface area contributed by atoms with Crippen molar-refractivity contribution in [1.29, 1.82) is 0 Å². The fourth-order valence-corrected chi connectivity index (χ4v) is 3.64. The van der Waals surface area contributed by atoms with E-state index in [9.17, 15) is 4.79 Å². The van der Waals surface area contributed by atoms with Crippen molar-refractivity contribution in [2.75, 3.05) is 20.8 Å². The molecule has 0 N–H and O–H groups in total. The molecular formula is C21H20ClN3O4. The molecule has 29 heavy (non-hydrogen) atoms. The summed E-state index contributed by atoms with van der Waals surface area (Å²) >= 11 is 6.03. The predicted molar refractivity (Wildman–Crippen MR) is 107 cm³/mol. The van der Waals surface area contributed by atoms with E-state index in [2.05, 4.69) is 10.1 Å². The second kappa shape index (κ2) is 8.13. The molecule has 1 saturated heterocycles. The highest BCUT2D eigenvalue weighted by molar-refractivity contribution is 6.30. The maximum absolute atomic E-state index is 12.6. The molecule has 2 aromatic carbocycles. The van der Waals surface area contributed by atoms with Crippen LogP contribution in [-0.2, 0) is 11.3 Å². The number of hydrogen-bond donors (Lipinski definition) is 0. The van der Waals surface area contributed by atoms with Gasteiger partial charge in [0.2, 0.25) is 17.6 Å². The third-order valence-electron chi connectivity index (χ3n) is 4.94. The summed E-state index contributed by atoms with van der Waals surface area (Å²) in [6.07, 6.45) is 0.323. The van der Waals surface area contributed by atoms with Crippen LogP contribution in [-0.4, -0.2) is 41.7 Å². The van der Waals surface area contributed by atoms with E-state index in [0.717, 1.165) is 11.1 Å². The molecule has 0 saturated carbocycles. The lowest BCUT2D eigenvalue weighted by atomic mass is 10.1. The van der Waals surface area contributed by atoms with E-state index in [1.54, 1.807) is 31.3 Å². The highest BCUT2D eigenvalue weighted by Crippen LogP contribution is 2.32. The van der Waals surface area contributed by atoms with Crippen molar-refractivity contribution in [3.05, 3.63) is 58.9 Å². The first kappa shape index (κ1) is 19.3. The van der Waals surface area contributed by atoms with Crippen molar-refractivity contribution < 1.29 is 18.8 Å². The number of carbonyl (C=O) groups excluding carboxylic acids is 1. The number of amides is 1. The Hall–Kier alpha value is -3.06. The van der Waals surface area contributed by atoms with Gasteiger partial charge in [0.05, 0.1) is 20.1 Å². The summed E-state index contributed by atoms with van der Waals surface area (Å²) < 4.78 is 16.1. The summed E-state index contributed by atoms with van der Waals surface area (Å²) in [4.78, 5) is 18.8. The minimum Gasteiger partial charge on any atom is -0.497 e. The van der Waals surface area contributed by atoms with Gasteiger partial charge in [0.25, 0.3) is 0 Å². The molecule has 0 bridgehead atoms. The molecule has 150 valence electrons. The van der Waals surface area contributed by atoms with Gasteiger partial charge in [0.15, 0.2) is 0 Å². The predicted octanol–water partition coefficient (Wildman–Crippen LogP) is 3.92. The molecule has 1 fully saturated rings. The molecule has 0 spiro atoms. The number of halogens is 1. The fourth-order valence-electron chi connectivity index (χ4n) is 3.45. The Morgan fingerprint density at radius 1 is 1.21 bits per heavy atom. The Morgan fingerprint density at radius 2 is 2.07 bits per heavy atom. The number of aromatic nitrogens is 2. The monoisotopic (exact) mass is 413 g/mol. The Balaban J connectivity index is 1.50. The lowest BCUT2D eigenvalue weighted by Crippen LogP contribution is -2.24. The van der Waals surface area contributed by atoms with Gasteiger partial charge in [-0.1, -0.05) is 28.9 Å². The van der Waals surface area contributed by atoms with Crippen LogP contribution in [0.15, 0.2) is 47.0 Å². The van der Waals surface area contributed by atoms with Gasteiger partial charge < -0.3 is 18.9 Å². The molecule has 1 aliphatic rings. The van der Waals surface area contributed by atoms with E-state index in [1.807, 2.05) is 30.3 Å². The van der Waals surface area contributed by atoms with Gasteiger partial charge in [0, 0.05) is 35.7 Å².